The van der Waals surface area contributed by atoms with Gasteiger partial charge in [0.15, 0.2) is 11.5 Å². The molecule has 0 unspecified atom stereocenters. The first-order valence-electron chi connectivity index (χ1n) is 4.50. The third kappa shape index (κ3) is 3.37. The van der Waals surface area contributed by atoms with E-state index in [2.05, 4.69) is 10.2 Å². The molecule has 1 N–H and O–H groups in total. The molecule has 1 aromatic carbocycles. The average Bonchev–Trinajstić information content (AvgIpc) is 2.35. The van der Waals surface area contributed by atoms with Crippen molar-refractivity contribution in [3.8, 4) is 0 Å². The Kier molecular flexibility index (Phi) is 4.49. The van der Waals surface area contributed by atoms with E-state index in [4.69, 9.17) is 18.2 Å². The van der Waals surface area contributed by atoms with Crippen molar-refractivity contribution in [2.24, 2.45) is 0 Å². The molecule has 1 amide bonds. The summed E-state index contributed by atoms with van der Waals surface area (Å²) in [6, 6.07) is 6.17. The van der Waals surface area contributed by atoms with Crippen molar-refractivity contribution in [2.75, 3.05) is 12.4 Å². The molecule has 0 saturated carbocycles. The molecule has 0 aliphatic heterocycles. The summed E-state index contributed by atoms with van der Waals surface area (Å²) in [6.07, 6.45) is 0. The van der Waals surface area contributed by atoms with Crippen molar-refractivity contribution in [2.45, 2.75) is 0 Å². The van der Waals surface area contributed by atoms with Crippen molar-refractivity contribution in [3.05, 3.63) is 41.2 Å². The smallest absolute Gasteiger partial charge is 0.251 e. The lowest BCUT2D eigenvalue weighted by Gasteiger charge is -2.03. The number of hydrogen-bond acceptors (Lipinski definition) is 2. The number of ketones is 1. The van der Waals surface area contributed by atoms with E-state index in [0.29, 0.717) is 11.3 Å². The fraction of sp³-hybridized carbons (Fsp3) is 0.182. The first kappa shape index (κ1) is 12.2. The summed E-state index contributed by atoms with van der Waals surface area (Å²) in [5.74, 6) is -0.709. The van der Waals surface area contributed by atoms with Crippen LogP contribution in [-0.4, -0.2) is 24.1 Å². The molecule has 0 saturated heterocycles. The minimum absolute atomic E-state index is 0.0765. The number of carbonyl (C=O) groups is 2. The second-order valence-electron chi connectivity index (χ2n) is 3.01. The predicted molar refractivity (Wildman–Crippen MR) is 60.8 cm³/mol. The van der Waals surface area contributed by atoms with Crippen LogP contribution in [0.3, 0.4) is 0 Å². The molecule has 0 aliphatic carbocycles. The summed E-state index contributed by atoms with van der Waals surface area (Å²) in [5.41, 5.74) is 0.878. The number of halogens is 1. The van der Waals surface area contributed by atoms with Crippen LogP contribution in [-0.2, 0) is 4.79 Å². The number of rotatable bonds is 4. The molecular weight excluding hydrogens is 228 g/mol. The highest BCUT2D eigenvalue weighted by Gasteiger charge is 2.06. The molecule has 5 heteroatoms. The van der Waals surface area contributed by atoms with Gasteiger partial charge in [0.05, 0.1) is 19.0 Å². The van der Waals surface area contributed by atoms with Gasteiger partial charge in [-0.1, -0.05) is 24.3 Å². The molecule has 0 fully saturated rings. The van der Waals surface area contributed by atoms with Gasteiger partial charge in [-0.25, -0.2) is 4.85 Å². The normalized spacial score (nSPS) is 9.25. The molecule has 0 atom stereocenters. The van der Waals surface area contributed by atoms with E-state index in [0.717, 1.165) is 0 Å². The Hall–Kier alpha value is -1.86. The van der Waals surface area contributed by atoms with Gasteiger partial charge >= 0.3 is 0 Å². The molecule has 4 nitrogen and oxygen atoms in total. The molecule has 1 rings (SSSR count). The zero-order valence-corrected chi connectivity index (χ0v) is 9.12. The zero-order chi connectivity index (χ0) is 12.0. The van der Waals surface area contributed by atoms with E-state index in [1.807, 2.05) is 0 Å². The number of nitrogens with zero attached hydrogens (tertiary/aromatic N) is 1. The molecule has 0 aromatic heterocycles. The monoisotopic (exact) mass is 236 g/mol. The summed E-state index contributed by atoms with van der Waals surface area (Å²) in [6.45, 7) is 6.67. The van der Waals surface area contributed by atoms with Crippen LogP contribution in [0, 0.1) is 6.57 Å². The number of hydrogen-bond donors (Lipinski definition) is 1. The minimum Gasteiger partial charge on any atom is -0.345 e. The Morgan fingerprint density at radius 3 is 2.44 bits per heavy atom. The Morgan fingerprint density at radius 1 is 1.31 bits per heavy atom. The fourth-order valence-corrected chi connectivity index (χ4v) is 1.11. The minimum atomic E-state index is -0.352. The number of Topliss-reactive ketones (excluding diaryl/α,β-unsaturated/α-hetero) is 1. The van der Waals surface area contributed by atoms with Crippen LogP contribution in [0.25, 0.3) is 4.85 Å². The summed E-state index contributed by atoms with van der Waals surface area (Å²) in [5, 5.41) is 2.44. The van der Waals surface area contributed by atoms with Crippen molar-refractivity contribution in [1.82, 2.24) is 5.32 Å². The molecule has 0 aliphatic rings. The van der Waals surface area contributed by atoms with E-state index in [9.17, 15) is 9.59 Å². The van der Waals surface area contributed by atoms with E-state index in [1.54, 1.807) is 12.1 Å². The Labute approximate surface area is 98.0 Å². The maximum atomic E-state index is 11.5. The number of nitrogens with one attached hydrogen (secondary N) is 1. The van der Waals surface area contributed by atoms with Crippen LogP contribution in [0.2, 0.25) is 0 Å². The first-order valence-corrected chi connectivity index (χ1v) is 5.04. The van der Waals surface area contributed by atoms with Gasteiger partial charge in [0.1, 0.15) is 0 Å². The number of amides is 1. The lowest BCUT2D eigenvalue weighted by atomic mass is 10.2. The summed E-state index contributed by atoms with van der Waals surface area (Å²) in [7, 11) is 0. The van der Waals surface area contributed by atoms with Crippen LogP contribution in [0.5, 0.6) is 0 Å². The summed E-state index contributed by atoms with van der Waals surface area (Å²) < 4.78 is 0. The van der Waals surface area contributed by atoms with Gasteiger partial charge in [-0.15, -0.1) is 11.6 Å². The van der Waals surface area contributed by atoms with E-state index >= 15 is 0 Å². The van der Waals surface area contributed by atoms with Crippen molar-refractivity contribution in [1.29, 1.82) is 0 Å². The highest BCUT2D eigenvalue weighted by atomic mass is 35.5. The van der Waals surface area contributed by atoms with Gasteiger partial charge in [0, 0.05) is 5.56 Å². The Balaban J connectivity index is 2.60. The third-order valence-electron chi connectivity index (χ3n) is 1.85. The third-order valence-corrected chi connectivity index (χ3v) is 2.15. The maximum Gasteiger partial charge on any atom is 0.251 e. The molecule has 82 valence electrons. The van der Waals surface area contributed by atoms with Gasteiger partial charge in [0.2, 0.25) is 0 Å². The molecule has 0 radical (unpaired) electrons. The molecule has 1 aromatic rings. The van der Waals surface area contributed by atoms with Crippen LogP contribution in [0.4, 0.5) is 5.69 Å². The standard InChI is InChI=1S/C11H9ClN2O2/c1-13-9-4-2-8(3-5-9)11(16)14-7-10(15)6-12/h2-5H,6-7H2,(H,14,16). The summed E-state index contributed by atoms with van der Waals surface area (Å²) >= 11 is 5.29. The molecule has 16 heavy (non-hydrogen) atoms. The van der Waals surface area contributed by atoms with Crippen LogP contribution in [0.15, 0.2) is 24.3 Å². The number of benzene rings is 1. The largest absolute Gasteiger partial charge is 0.345 e. The second-order valence-corrected chi connectivity index (χ2v) is 3.28. The number of carbonyl (C=O) groups excluding carboxylic acids is 2. The molecule has 0 heterocycles. The molecule has 0 bridgehead atoms. The average molecular weight is 237 g/mol. The number of alkyl halides is 1. The SMILES string of the molecule is [C-]#[N+]c1ccc(C(=O)NCC(=O)CCl)cc1. The zero-order valence-electron chi connectivity index (χ0n) is 8.37. The second kappa shape index (κ2) is 5.89. The van der Waals surface area contributed by atoms with Crippen molar-refractivity contribution < 1.29 is 9.59 Å². The van der Waals surface area contributed by atoms with Crippen LogP contribution in [0.1, 0.15) is 10.4 Å². The van der Waals surface area contributed by atoms with Gasteiger partial charge in [0.25, 0.3) is 5.91 Å². The van der Waals surface area contributed by atoms with E-state index in [-0.39, 0.29) is 24.1 Å². The predicted octanol–water partition coefficient (Wildman–Crippen LogP) is 1.78. The van der Waals surface area contributed by atoms with Gasteiger partial charge in [-0.2, -0.15) is 0 Å². The van der Waals surface area contributed by atoms with Gasteiger partial charge in [-0.05, 0) is 0 Å². The quantitative estimate of drug-likeness (QED) is 0.640. The van der Waals surface area contributed by atoms with E-state index in [1.165, 1.54) is 12.1 Å². The van der Waals surface area contributed by atoms with Gasteiger partial charge < -0.3 is 5.32 Å². The fourth-order valence-electron chi connectivity index (χ4n) is 1.02. The maximum absolute atomic E-state index is 11.5. The highest BCUT2D eigenvalue weighted by Crippen LogP contribution is 2.12. The lowest BCUT2D eigenvalue weighted by molar-refractivity contribution is -0.115. The van der Waals surface area contributed by atoms with Gasteiger partial charge in [-0.3, -0.25) is 9.59 Å². The van der Waals surface area contributed by atoms with Crippen LogP contribution >= 0.6 is 11.6 Å². The van der Waals surface area contributed by atoms with Crippen LogP contribution < -0.4 is 5.32 Å². The lowest BCUT2D eigenvalue weighted by Crippen LogP contribution is -2.29. The Morgan fingerprint density at radius 2 is 1.94 bits per heavy atom. The highest BCUT2D eigenvalue weighted by molar-refractivity contribution is 6.28. The van der Waals surface area contributed by atoms with E-state index < -0.39 is 0 Å². The molecular formula is C11H9ClN2O2. The Bertz CT molecular complexity index is 434. The van der Waals surface area contributed by atoms with Crippen molar-refractivity contribution >= 4 is 29.0 Å². The first-order chi connectivity index (χ1) is 7.67. The summed E-state index contributed by atoms with van der Waals surface area (Å²) in [4.78, 5) is 25.5. The molecule has 0 spiro atoms. The topological polar surface area (TPSA) is 50.5 Å². The van der Waals surface area contributed by atoms with Crippen molar-refractivity contribution in [3.63, 3.8) is 0 Å².